The van der Waals surface area contributed by atoms with E-state index in [1.807, 2.05) is 36.4 Å². The summed E-state index contributed by atoms with van der Waals surface area (Å²) in [7, 11) is 3.23. The van der Waals surface area contributed by atoms with Crippen molar-refractivity contribution in [1.29, 1.82) is 0 Å². The molecule has 2 atom stereocenters. The van der Waals surface area contributed by atoms with E-state index in [4.69, 9.17) is 14.2 Å². The molecule has 0 spiro atoms. The molecule has 0 aromatic heterocycles. The summed E-state index contributed by atoms with van der Waals surface area (Å²) in [5, 5.41) is 9.25. The predicted molar refractivity (Wildman–Crippen MR) is 142 cm³/mol. The molecule has 1 N–H and O–H groups in total. The van der Waals surface area contributed by atoms with E-state index in [1.54, 1.807) is 26.4 Å². The van der Waals surface area contributed by atoms with Gasteiger partial charge in [0.05, 0.1) is 19.6 Å². The number of ether oxygens (including phenoxy) is 3. The summed E-state index contributed by atoms with van der Waals surface area (Å²) >= 11 is 0. The number of carboxylic acids is 1. The van der Waals surface area contributed by atoms with E-state index in [0.717, 1.165) is 35.1 Å². The van der Waals surface area contributed by atoms with E-state index in [9.17, 15) is 14.3 Å². The molecule has 3 aromatic rings. The minimum absolute atomic E-state index is 0.0222. The van der Waals surface area contributed by atoms with Crippen LogP contribution in [0, 0.1) is 11.2 Å². The molecule has 5 nitrogen and oxygen atoms in total. The van der Waals surface area contributed by atoms with Crippen LogP contribution in [0.25, 0.3) is 11.1 Å². The van der Waals surface area contributed by atoms with Crippen LogP contribution in [0.4, 0.5) is 4.39 Å². The molecule has 1 aliphatic rings. The Bertz CT molecular complexity index is 1280. The summed E-state index contributed by atoms with van der Waals surface area (Å²) in [6.45, 7) is 6.59. The summed E-state index contributed by atoms with van der Waals surface area (Å²) in [4.78, 5) is 11.3. The van der Waals surface area contributed by atoms with Gasteiger partial charge in [0.1, 0.15) is 23.9 Å². The zero-order valence-corrected chi connectivity index (χ0v) is 22.1. The lowest BCUT2D eigenvalue weighted by Gasteiger charge is -2.32. The number of aryl methyl sites for hydroxylation is 1. The van der Waals surface area contributed by atoms with Crippen molar-refractivity contribution in [1.82, 2.24) is 0 Å². The quantitative estimate of drug-likeness (QED) is 0.329. The van der Waals surface area contributed by atoms with Gasteiger partial charge in [0.2, 0.25) is 0 Å². The molecule has 0 bridgehead atoms. The van der Waals surface area contributed by atoms with Crippen molar-refractivity contribution >= 4 is 5.97 Å². The van der Waals surface area contributed by atoms with Gasteiger partial charge in [0.25, 0.3) is 0 Å². The van der Waals surface area contributed by atoms with Crippen LogP contribution in [0.3, 0.4) is 0 Å². The molecular weight excluding hydrogens is 471 g/mol. The van der Waals surface area contributed by atoms with Gasteiger partial charge in [-0.2, -0.15) is 0 Å². The number of carbonyl (C=O) groups is 1. The van der Waals surface area contributed by atoms with Gasteiger partial charge >= 0.3 is 5.97 Å². The minimum atomic E-state index is -0.782. The number of benzene rings is 3. The average Bonchev–Trinajstić information content (AvgIpc) is 3.24. The monoisotopic (exact) mass is 506 g/mol. The second kappa shape index (κ2) is 10.9. The van der Waals surface area contributed by atoms with E-state index in [0.29, 0.717) is 23.7 Å². The minimum Gasteiger partial charge on any atom is -0.497 e. The molecule has 196 valence electrons. The molecule has 0 fully saturated rings. The van der Waals surface area contributed by atoms with Crippen molar-refractivity contribution < 1.29 is 28.5 Å². The Morgan fingerprint density at radius 1 is 1.03 bits per heavy atom. The molecule has 0 saturated carbocycles. The van der Waals surface area contributed by atoms with Gasteiger partial charge < -0.3 is 19.3 Å². The van der Waals surface area contributed by atoms with Gasteiger partial charge in [-0.25, -0.2) is 4.39 Å². The molecule has 0 saturated heterocycles. The molecule has 0 heterocycles. The van der Waals surface area contributed by atoms with Gasteiger partial charge in [-0.1, -0.05) is 39.0 Å². The molecule has 0 amide bonds. The predicted octanol–water partition coefficient (Wildman–Crippen LogP) is 7.32. The third-order valence-corrected chi connectivity index (χ3v) is 7.03. The smallest absolute Gasteiger partial charge is 0.303 e. The molecule has 37 heavy (non-hydrogen) atoms. The fourth-order valence-electron chi connectivity index (χ4n) is 5.29. The standard InChI is InChI=1S/C31H35FO5/c1-31(2,3)30(36-5)27-14-19(6-12-24(27)26-16-22(35-4)11-13-28(26)32)18-37-23-10-9-20-7-8-21(15-29(33)34)25(20)17-23/h6,9-14,16-17,21,30H,7-8,15,18H2,1-5H3,(H,33,34). The summed E-state index contributed by atoms with van der Waals surface area (Å²) < 4.78 is 32.4. The number of aliphatic carboxylic acids is 1. The second-order valence-electron chi connectivity index (χ2n) is 10.7. The number of carboxylic acid groups (broad SMARTS) is 1. The Morgan fingerprint density at radius 2 is 1.78 bits per heavy atom. The Kier molecular flexibility index (Phi) is 7.88. The van der Waals surface area contributed by atoms with Gasteiger partial charge in [-0.15, -0.1) is 0 Å². The lowest BCUT2D eigenvalue weighted by molar-refractivity contribution is -0.137. The molecule has 4 rings (SSSR count). The van der Waals surface area contributed by atoms with E-state index in [2.05, 4.69) is 20.8 Å². The summed E-state index contributed by atoms with van der Waals surface area (Å²) in [6, 6.07) is 16.6. The highest BCUT2D eigenvalue weighted by Gasteiger charge is 2.30. The van der Waals surface area contributed by atoms with Crippen LogP contribution in [-0.2, 0) is 22.6 Å². The van der Waals surface area contributed by atoms with Crippen LogP contribution in [0.5, 0.6) is 11.5 Å². The summed E-state index contributed by atoms with van der Waals surface area (Å²) in [5.74, 6) is 0.200. The maximum atomic E-state index is 15.0. The Balaban J connectivity index is 1.65. The van der Waals surface area contributed by atoms with Crippen LogP contribution >= 0.6 is 0 Å². The molecule has 2 unspecified atom stereocenters. The van der Waals surface area contributed by atoms with E-state index < -0.39 is 5.97 Å². The highest BCUT2D eigenvalue weighted by Crippen LogP contribution is 2.42. The number of rotatable bonds is 9. The van der Waals surface area contributed by atoms with Crippen LogP contribution in [0.2, 0.25) is 0 Å². The van der Waals surface area contributed by atoms with E-state index >= 15 is 0 Å². The van der Waals surface area contributed by atoms with Gasteiger partial charge in [0.15, 0.2) is 0 Å². The maximum absolute atomic E-state index is 15.0. The van der Waals surface area contributed by atoms with Crippen molar-refractivity contribution in [2.24, 2.45) is 5.41 Å². The SMILES string of the molecule is COc1ccc(F)c(-c2ccc(COc3ccc4c(c3)C(CC(=O)O)CC4)cc2C(OC)C(C)(C)C)c1. The zero-order chi connectivity index (χ0) is 26.7. The largest absolute Gasteiger partial charge is 0.497 e. The topological polar surface area (TPSA) is 65.0 Å². The molecule has 3 aromatic carbocycles. The number of hydrogen-bond donors (Lipinski definition) is 1. The number of halogens is 1. The first-order valence-electron chi connectivity index (χ1n) is 12.6. The van der Waals surface area contributed by atoms with E-state index in [-0.39, 0.29) is 29.7 Å². The first kappa shape index (κ1) is 26.7. The number of hydrogen-bond acceptors (Lipinski definition) is 4. The van der Waals surface area contributed by atoms with Gasteiger partial charge in [-0.05, 0) is 88.4 Å². The van der Waals surface area contributed by atoms with Crippen molar-refractivity contribution in [3.8, 4) is 22.6 Å². The highest BCUT2D eigenvalue weighted by molar-refractivity contribution is 5.71. The Morgan fingerprint density at radius 3 is 2.46 bits per heavy atom. The first-order chi connectivity index (χ1) is 17.6. The van der Waals surface area contributed by atoms with Crippen LogP contribution in [-0.4, -0.2) is 25.3 Å². The van der Waals surface area contributed by atoms with Crippen molar-refractivity contribution in [2.45, 2.75) is 58.7 Å². The van der Waals surface area contributed by atoms with E-state index in [1.165, 1.54) is 11.6 Å². The number of methoxy groups -OCH3 is 2. The Hall–Kier alpha value is -3.38. The fraction of sp³-hybridized carbons (Fsp3) is 0.387. The normalized spacial score (nSPS) is 15.8. The maximum Gasteiger partial charge on any atom is 0.303 e. The molecular formula is C31H35FO5. The van der Waals surface area contributed by atoms with Gasteiger partial charge in [-0.3, -0.25) is 4.79 Å². The van der Waals surface area contributed by atoms with Crippen LogP contribution in [0.15, 0.2) is 54.6 Å². The van der Waals surface area contributed by atoms with Crippen LogP contribution < -0.4 is 9.47 Å². The first-order valence-corrected chi connectivity index (χ1v) is 12.6. The molecule has 0 aliphatic heterocycles. The fourth-order valence-corrected chi connectivity index (χ4v) is 5.29. The third-order valence-electron chi connectivity index (χ3n) is 7.03. The average molecular weight is 507 g/mol. The number of fused-ring (bicyclic) bond motifs is 1. The van der Waals surface area contributed by atoms with Crippen LogP contribution in [0.1, 0.15) is 67.9 Å². The van der Waals surface area contributed by atoms with Crippen molar-refractivity contribution in [3.63, 3.8) is 0 Å². The zero-order valence-electron chi connectivity index (χ0n) is 22.1. The lowest BCUT2D eigenvalue weighted by Crippen LogP contribution is -2.21. The summed E-state index contributed by atoms with van der Waals surface area (Å²) in [5.41, 5.74) is 5.02. The molecule has 6 heteroatoms. The third kappa shape index (κ3) is 5.96. The molecule has 0 radical (unpaired) electrons. The van der Waals surface area contributed by atoms with Crippen molar-refractivity contribution in [2.75, 3.05) is 14.2 Å². The lowest BCUT2D eigenvalue weighted by atomic mass is 9.81. The Labute approximate surface area is 218 Å². The molecule has 1 aliphatic carbocycles. The van der Waals surface area contributed by atoms with Gasteiger partial charge in [0, 0.05) is 12.7 Å². The summed E-state index contributed by atoms with van der Waals surface area (Å²) in [6.07, 6.45) is 1.59. The second-order valence-corrected chi connectivity index (χ2v) is 10.7. The van der Waals surface area contributed by atoms with Crippen molar-refractivity contribution in [3.05, 3.63) is 82.7 Å². The highest BCUT2D eigenvalue weighted by atomic mass is 19.1.